The molecule has 0 aromatic heterocycles. The number of phenolic OH excluding ortho intramolecular Hbond substituents is 2. The first-order valence-corrected chi connectivity index (χ1v) is 7.66. The van der Waals surface area contributed by atoms with E-state index in [-0.39, 0.29) is 11.5 Å². The van der Waals surface area contributed by atoms with Gasteiger partial charge in [-0.25, -0.2) is 0 Å². The first-order valence-electron chi connectivity index (χ1n) is 7.28. The van der Waals surface area contributed by atoms with E-state index in [9.17, 15) is 10.2 Å². The summed E-state index contributed by atoms with van der Waals surface area (Å²) in [4.78, 5) is 0. The summed E-state index contributed by atoms with van der Waals surface area (Å²) in [7, 11) is 0. The molecule has 3 nitrogen and oxygen atoms in total. The summed E-state index contributed by atoms with van der Waals surface area (Å²) < 4.78 is 0. The molecule has 4 heteroatoms. The maximum atomic E-state index is 9.79. The van der Waals surface area contributed by atoms with Crippen molar-refractivity contribution in [1.29, 1.82) is 0 Å². The number of nitrogens with two attached hydrogens (primary N) is 1. The van der Waals surface area contributed by atoms with Crippen molar-refractivity contribution in [2.75, 3.05) is 5.73 Å². The minimum absolute atomic E-state index is 0.0618. The van der Waals surface area contributed by atoms with Gasteiger partial charge >= 0.3 is 0 Å². The molecule has 2 aromatic rings. The number of hydrogen-bond donors (Lipinski definition) is 3. The lowest BCUT2D eigenvalue weighted by Gasteiger charge is -2.08. The summed E-state index contributed by atoms with van der Waals surface area (Å²) in [5.41, 5.74) is 9.88. The van der Waals surface area contributed by atoms with Crippen LogP contribution in [-0.2, 0) is 6.42 Å². The lowest BCUT2D eigenvalue weighted by atomic mass is 10.0. The number of benzene rings is 2. The van der Waals surface area contributed by atoms with Gasteiger partial charge in [0.05, 0.1) is 5.69 Å². The van der Waals surface area contributed by atoms with Crippen LogP contribution in [0.4, 0.5) is 5.69 Å². The van der Waals surface area contributed by atoms with Crippen LogP contribution in [-0.4, -0.2) is 10.2 Å². The number of nitrogen functional groups attached to an aromatic ring is 1. The molecular weight excluding hydrogens is 310 g/mol. The molecule has 0 bridgehead atoms. The van der Waals surface area contributed by atoms with Crippen LogP contribution >= 0.6 is 11.6 Å². The summed E-state index contributed by atoms with van der Waals surface area (Å²) in [5.74, 6) is 0.188. The molecular formula is C19H20ClNO2. The Morgan fingerprint density at radius 3 is 2.52 bits per heavy atom. The topological polar surface area (TPSA) is 66.5 Å². The summed E-state index contributed by atoms with van der Waals surface area (Å²) in [6.45, 7) is 4.06. The van der Waals surface area contributed by atoms with Gasteiger partial charge in [-0.2, -0.15) is 0 Å². The Hall–Kier alpha value is -2.39. The average molecular weight is 330 g/mol. The first kappa shape index (κ1) is 17.0. The second-order valence-corrected chi connectivity index (χ2v) is 6.04. The summed E-state index contributed by atoms with van der Waals surface area (Å²) in [5, 5.41) is 19.8. The maximum Gasteiger partial charge on any atom is 0.138 e. The predicted molar refractivity (Wildman–Crippen MR) is 97.7 cm³/mol. The molecule has 0 saturated carbocycles. The van der Waals surface area contributed by atoms with Crippen molar-refractivity contribution >= 4 is 29.4 Å². The van der Waals surface area contributed by atoms with Crippen molar-refractivity contribution in [2.24, 2.45) is 0 Å². The molecule has 0 spiro atoms. The Bertz CT molecular complexity index is 775. The van der Waals surface area contributed by atoms with Gasteiger partial charge in [0.2, 0.25) is 0 Å². The molecule has 0 aliphatic carbocycles. The third kappa shape index (κ3) is 4.54. The fourth-order valence-electron chi connectivity index (χ4n) is 2.18. The number of aromatic hydroxyl groups is 2. The van der Waals surface area contributed by atoms with E-state index in [2.05, 4.69) is 6.08 Å². The second kappa shape index (κ2) is 7.25. The molecule has 0 radical (unpaired) electrons. The fraction of sp³-hybridized carbons (Fsp3) is 0.158. The molecule has 0 atom stereocenters. The number of halogens is 1. The van der Waals surface area contributed by atoms with Crippen molar-refractivity contribution < 1.29 is 10.2 Å². The Morgan fingerprint density at radius 2 is 1.87 bits per heavy atom. The smallest absolute Gasteiger partial charge is 0.138 e. The number of hydrogen-bond acceptors (Lipinski definition) is 3. The number of phenols is 2. The van der Waals surface area contributed by atoms with E-state index in [1.54, 1.807) is 30.3 Å². The Morgan fingerprint density at radius 1 is 1.13 bits per heavy atom. The van der Waals surface area contributed by atoms with Crippen molar-refractivity contribution in [3.8, 4) is 11.5 Å². The molecule has 0 heterocycles. The minimum atomic E-state index is 0.0618. The third-order valence-corrected chi connectivity index (χ3v) is 3.77. The quantitative estimate of drug-likeness (QED) is 0.319. The summed E-state index contributed by atoms with van der Waals surface area (Å²) in [6, 6.07) is 8.23. The van der Waals surface area contributed by atoms with E-state index in [0.717, 1.165) is 16.7 Å². The van der Waals surface area contributed by atoms with Crippen molar-refractivity contribution in [1.82, 2.24) is 0 Å². The molecule has 0 aliphatic rings. The van der Waals surface area contributed by atoms with Crippen molar-refractivity contribution in [3.63, 3.8) is 0 Å². The number of rotatable bonds is 4. The van der Waals surface area contributed by atoms with Crippen molar-refractivity contribution in [3.05, 3.63) is 63.7 Å². The number of allylic oxidation sites excluding steroid dienone is 2. The van der Waals surface area contributed by atoms with Crippen LogP contribution in [0.5, 0.6) is 11.5 Å². The molecule has 0 saturated heterocycles. The largest absolute Gasteiger partial charge is 0.508 e. The Labute approximate surface area is 141 Å². The van der Waals surface area contributed by atoms with Crippen molar-refractivity contribution in [2.45, 2.75) is 20.3 Å². The molecule has 2 aromatic carbocycles. The molecule has 0 aliphatic heterocycles. The lowest BCUT2D eigenvalue weighted by Crippen LogP contribution is -1.90. The predicted octanol–water partition coefficient (Wildman–Crippen LogP) is 5.01. The van der Waals surface area contributed by atoms with Crippen LogP contribution < -0.4 is 5.73 Å². The molecule has 2 rings (SSSR count). The highest BCUT2D eigenvalue weighted by molar-refractivity contribution is 6.31. The van der Waals surface area contributed by atoms with Crippen LogP contribution in [0.15, 0.2) is 42.0 Å². The summed E-state index contributed by atoms with van der Waals surface area (Å²) >= 11 is 6.27. The highest BCUT2D eigenvalue weighted by atomic mass is 35.5. The van der Waals surface area contributed by atoms with E-state index >= 15 is 0 Å². The average Bonchev–Trinajstić information content (AvgIpc) is 2.47. The molecule has 23 heavy (non-hydrogen) atoms. The van der Waals surface area contributed by atoms with Gasteiger partial charge in [-0.05, 0) is 61.2 Å². The monoisotopic (exact) mass is 329 g/mol. The molecule has 0 amide bonds. The van der Waals surface area contributed by atoms with Gasteiger partial charge in [0.25, 0.3) is 0 Å². The molecule has 0 unspecified atom stereocenters. The summed E-state index contributed by atoms with van der Waals surface area (Å²) in [6.07, 6.45) is 6.53. The minimum Gasteiger partial charge on any atom is -0.508 e. The zero-order valence-corrected chi connectivity index (χ0v) is 13.9. The van der Waals surface area contributed by atoms with Crippen LogP contribution in [0.3, 0.4) is 0 Å². The van der Waals surface area contributed by atoms with Gasteiger partial charge in [-0.1, -0.05) is 41.5 Å². The zero-order valence-electron chi connectivity index (χ0n) is 13.2. The van der Waals surface area contributed by atoms with Crippen LogP contribution in [0.1, 0.15) is 30.5 Å². The second-order valence-electron chi connectivity index (χ2n) is 5.63. The standard InChI is InChI=1S/C19H20ClNO2/c1-12(2)3-7-16-14(10-15(22)11-17(16)20)6-4-13-5-8-19(23)18(21)9-13/h3-6,8-11,22-23H,7,21H2,1-2H3/b6-4+. The van der Waals surface area contributed by atoms with Gasteiger partial charge in [0, 0.05) is 5.02 Å². The molecule has 120 valence electrons. The first-order chi connectivity index (χ1) is 10.9. The highest BCUT2D eigenvalue weighted by Gasteiger charge is 2.07. The van der Waals surface area contributed by atoms with Crippen LogP contribution in [0.2, 0.25) is 5.02 Å². The SMILES string of the molecule is CC(C)=CCc1c(Cl)cc(O)cc1/C=C/c1ccc(O)c(N)c1. The maximum absolute atomic E-state index is 9.79. The van der Waals surface area contributed by atoms with Gasteiger partial charge in [0.1, 0.15) is 11.5 Å². The lowest BCUT2D eigenvalue weighted by molar-refractivity contribution is 0.475. The zero-order chi connectivity index (χ0) is 17.0. The molecule has 4 N–H and O–H groups in total. The normalized spacial score (nSPS) is 10.9. The number of anilines is 1. The van der Waals surface area contributed by atoms with Crippen LogP contribution in [0.25, 0.3) is 12.2 Å². The van der Waals surface area contributed by atoms with Crippen LogP contribution in [0, 0.1) is 0 Å². The van der Waals surface area contributed by atoms with E-state index in [1.807, 2.05) is 26.0 Å². The van der Waals surface area contributed by atoms with E-state index in [0.29, 0.717) is 17.1 Å². The van der Waals surface area contributed by atoms with Gasteiger partial charge in [0.15, 0.2) is 0 Å². The third-order valence-electron chi connectivity index (χ3n) is 3.44. The van der Waals surface area contributed by atoms with Gasteiger partial charge in [-0.3, -0.25) is 0 Å². The Kier molecular flexibility index (Phi) is 5.35. The molecule has 0 fully saturated rings. The van der Waals surface area contributed by atoms with E-state index in [4.69, 9.17) is 17.3 Å². The van der Waals surface area contributed by atoms with E-state index in [1.165, 1.54) is 5.57 Å². The highest BCUT2D eigenvalue weighted by Crippen LogP contribution is 2.29. The Balaban J connectivity index is 2.39. The van der Waals surface area contributed by atoms with Gasteiger partial charge in [-0.15, -0.1) is 0 Å². The van der Waals surface area contributed by atoms with E-state index < -0.39 is 0 Å². The fourth-order valence-corrected chi connectivity index (χ4v) is 2.47. The van der Waals surface area contributed by atoms with Gasteiger partial charge < -0.3 is 15.9 Å².